The Labute approximate surface area is 188 Å². The van der Waals surface area contributed by atoms with Crippen LogP contribution in [0.25, 0.3) is 0 Å². The highest BCUT2D eigenvalue weighted by Gasteiger charge is 2.84. The second-order valence-electron chi connectivity index (χ2n) is 13.8. The number of methoxy groups -OCH3 is 1. The van der Waals surface area contributed by atoms with Gasteiger partial charge in [-0.05, 0) is 95.7 Å². The topological polar surface area (TPSA) is 58.9 Å². The molecular weight excluding hydrogens is 388 g/mol. The van der Waals surface area contributed by atoms with E-state index in [-0.39, 0.29) is 46.3 Å². The smallest absolute Gasteiger partial charge is 0.157 e. The van der Waals surface area contributed by atoms with Crippen molar-refractivity contribution in [2.24, 2.45) is 50.7 Å². The van der Waals surface area contributed by atoms with Crippen LogP contribution in [0.5, 0.6) is 0 Å². The zero-order chi connectivity index (χ0) is 22.2. The van der Waals surface area contributed by atoms with Crippen molar-refractivity contribution in [1.29, 1.82) is 0 Å². The minimum Gasteiger partial charge on any atom is -0.393 e. The first kappa shape index (κ1) is 21.4. The molecule has 1 saturated heterocycles. The highest BCUT2D eigenvalue weighted by Crippen LogP contribution is 2.89. The summed E-state index contributed by atoms with van der Waals surface area (Å²) in [4.78, 5) is 0. The second-order valence-corrected chi connectivity index (χ2v) is 13.8. The van der Waals surface area contributed by atoms with Gasteiger partial charge in [0.05, 0.1) is 18.3 Å². The van der Waals surface area contributed by atoms with Crippen LogP contribution in [0.1, 0.15) is 86.0 Å². The lowest BCUT2D eigenvalue weighted by Gasteiger charge is -2.64. The first-order valence-electron chi connectivity index (χ1n) is 13.0. The van der Waals surface area contributed by atoms with Gasteiger partial charge in [0.15, 0.2) is 6.29 Å². The van der Waals surface area contributed by atoms with Gasteiger partial charge in [-0.1, -0.05) is 34.6 Å². The van der Waals surface area contributed by atoms with Crippen molar-refractivity contribution in [1.82, 2.24) is 0 Å². The van der Waals surface area contributed by atoms with Gasteiger partial charge in [-0.3, -0.25) is 0 Å². The minimum absolute atomic E-state index is 0.0777. The number of hydrogen-bond donors (Lipinski definition) is 2. The Morgan fingerprint density at radius 2 is 1.68 bits per heavy atom. The normalized spacial score (nSPS) is 63.9. The summed E-state index contributed by atoms with van der Waals surface area (Å²) in [7, 11) is 1.77. The minimum atomic E-state index is -0.261. The molecule has 0 unspecified atom stereocenters. The quantitative estimate of drug-likeness (QED) is 0.627. The van der Waals surface area contributed by atoms with Crippen molar-refractivity contribution in [2.45, 2.75) is 111 Å². The van der Waals surface area contributed by atoms with Crippen LogP contribution < -0.4 is 0 Å². The molecule has 6 aliphatic rings. The molecule has 0 aromatic rings. The van der Waals surface area contributed by atoms with Gasteiger partial charge in [-0.2, -0.15) is 0 Å². The van der Waals surface area contributed by atoms with Gasteiger partial charge >= 0.3 is 0 Å². The molecule has 12 atom stereocenters. The van der Waals surface area contributed by atoms with E-state index in [1.165, 1.54) is 19.3 Å². The SMILES string of the molecule is CO[C@@H]1C[C@@H](C)[C@H]2[C@@H](C[C@@]3(C)[C@@H]4[C@@H](O)C[C@H]5C(C)(C)[C@@H](O)CC[C@@]56C[C@@]46CC[C@]23C)O1. The molecule has 6 rings (SSSR count). The van der Waals surface area contributed by atoms with Gasteiger partial charge in [0.25, 0.3) is 0 Å². The van der Waals surface area contributed by atoms with Crippen molar-refractivity contribution in [3.63, 3.8) is 0 Å². The summed E-state index contributed by atoms with van der Waals surface area (Å²) in [6, 6.07) is 0. The van der Waals surface area contributed by atoms with Crippen LogP contribution in [-0.4, -0.2) is 41.9 Å². The zero-order valence-electron chi connectivity index (χ0n) is 20.5. The number of rotatable bonds is 1. The Hall–Kier alpha value is -0.160. The van der Waals surface area contributed by atoms with E-state index in [1.807, 2.05) is 0 Å². The lowest BCUT2D eigenvalue weighted by Crippen LogP contribution is -2.61. The fourth-order valence-corrected chi connectivity index (χ4v) is 11.4. The van der Waals surface area contributed by atoms with E-state index in [0.717, 1.165) is 32.1 Å². The van der Waals surface area contributed by atoms with Gasteiger partial charge in [0.2, 0.25) is 0 Å². The second kappa shape index (κ2) is 6.09. The highest BCUT2D eigenvalue weighted by molar-refractivity contribution is 5.32. The van der Waals surface area contributed by atoms with Crippen LogP contribution in [-0.2, 0) is 9.47 Å². The summed E-state index contributed by atoms with van der Waals surface area (Å²) < 4.78 is 12.2. The number of fused-ring (bicyclic) bond motifs is 4. The third-order valence-corrected chi connectivity index (χ3v) is 12.9. The number of ether oxygens (including phenoxy) is 2. The van der Waals surface area contributed by atoms with Crippen LogP contribution >= 0.6 is 0 Å². The fourth-order valence-electron chi connectivity index (χ4n) is 11.4. The molecule has 2 spiro atoms. The summed E-state index contributed by atoms with van der Waals surface area (Å²) in [6.45, 7) is 12.0. The first-order valence-corrected chi connectivity index (χ1v) is 13.0. The van der Waals surface area contributed by atoms with E-state index in [9.17, 15) is 10.2 Å². The predicted octanol–water partition coefficient (Wildman–Crippen LogP) is 4.76. The van der Waals surface area contributed by atoms with Gasteiger partial charge in [0, 0.05) is 13.5 Å². The summed E-state index contributed by atoms with van der Waals surface area (Å²) in [5.74, 6) is 1.96. The maximum atomic E-state index is 11.8. The Morgan fingerprint density at radius 3 is 2.39 bits per heavy atom. The van der Waals surface area contributed by atoms with Crippen molar-refractivity contribution < 1.29 is 19.7 Å². The summed E-state index contributed by atoms with van der Waals surface area (Å²) in [5.41, 5.74) is 0.846. The molecule has 6 fully saturated rings. The van der Waals surface area contributed by atoms with Crippen LogP contribution in [0.2, 0.25) is 0 Å². The van der Waals surface area contributed by atoms with Crippen molar-refractivity contribution in [2.75, 3.05) is 7.11 Å². The van der Waals surface area contributed by atoms with Crippen molar-refractivity contribution >= 4 is 0 Å². The van der Waals surface area contributed by atoms with Gasteiger partial charge in [-0.15, -0.1) is 0 Å². The molecule has 2 N–H and O–H groups in total. The zero-order valence-corrected chi connectivity index (χ0v) is 20.5. The van der Waals surface area contributed by atoms with Crippen molar-refractivity contribution in [3.05, 3.63) is 0 Å². The molecule has 0 aromatic carbocycles. The fraction of sp³-hybridized carbons (Fsp3) is 1.00. The van der Waals surface area contributed by atoms with E-state index < -0.39 is 0 Å². The van der Waals surface area contributed by atoms with Crippen LogP contribution in [0.3, 0.4) is 0 Å². The predicted molar refractivity (Wildman–Crippen MR) is 119 cm³/mol. The number of hydrogen-bond acceptors (Lipinski definition) is 4. The maximum Gasteiger partial charge on any atom is 0.157 e. The summed E-state index contributed by atoms with van der Waals surface area (Å²) in [5, 5.41) is 22.7. The van der Waals surface area contributed by atoms with E-state index in [0.29, 0.717) is 29.1 Å². The Kier molecular flexibility index (Phi) is 4.20. The van der Waals surface area contributed by atoms with E-state index >= 15 is 0 Å². The maximum absolute atomic E-state index is 11.8. The van der Waals surface area contributed by atoms with E-state index in [2.05, 4.69) is 34.6 Å². The largest absolute Gasteiger partial charge is 0.393 e. The molecule has 0 aromatic heterocycles. The molecule has 5 aliphatic carbocycles. The number of aliphatic hydroxyl groups is 2. The molecule has 176 valence electrons. The molecule has 0 amide bonds. The third-order valence-electron chi connectivity index (χ3n) is 12.9. The Balaban J connectivity index is 1.41. The number of aliphatic hydroxyl groups excluding tert-OH is 2. The highest BCUT2D eigenvalue weighted by atomic mass is 16.7. The molecule has 1 aliphatic heterocycles. The summed E-state index contributed by atoms with van der Waals surface area (Å²) >= 11 is 0. The molecule has 0 radical (unpaired) electrons. The van der Waals surface area contributed by atoms with Crippen LogP contribution in [0, 0.1) is 50.7 Å². The standard InChI is InChI=1S/C27H44O4/c1-15-11-20(30-6)31-17-13-25(5)22-16(28)12-18-23(2,3)19(29)7-8-26(18)14-27(22,26)10-9-24(25,4)21(15)17/h15-22,28-29H,7-14H2,1-6H3/t15-,16+,17-,18+,19+,20+,21+,22+,24-,25+,26-,27+/m1/s1. The van der Waals surface area contributed by atoms with Gasteiger partial charge in [0.1, 0.15) is 0 Å². The molecule has 31 heavy (non-hydrogen) atoms. The third kappa shape index (κ3) is 2.23. The Bertz CT molecular complexity index is 781. The average molecular weight is 433 g/mol. The van der Waals surface area contributed by atoms with Gasteiger partial charge in [-0.25, -0.2) is 0 Å². The lowest BCUT2D eigenvalue weighted by atomic mass is 9.41. The summed E-state index contributed by atoms with van der Waals surface area (Å²) in [6.07, 6.45) is 8.49. The van der Waals surface area contributed by atoms with Crippen LogP contribution in [0.4, 0.5) is 0 Å². The van der Waals surface area contributed by atoms with E-state index in [4.69, 9.17) is 9.47 Å². The first-order chi connectivity index (χ1) is 14.5. The van der Waals surface area contributed by atoms with Crippen molar-refractivity contribution in [3.8, 4) is 0 Å². The van der Waals surface area contributed by atoms with Gasteiger partial charge < -0.3 is 19.7 Å². The molecule has 4 nitrogen and oxygen atoms in total. The molecular formula is C27H44O4. The van der Waals surface area contributed by atoms with E-state index in [1.54, 1.807) is 7.11 Å². The molecule has 1 heterocycles. The average Bonchev–Trinajstić information content (AvgIpc) is 3.28. The molecule has 0 bridgehead atoms. The Morgan fingerprint density at radius 1 is 0.935 bits per heavy atom. The molecule has 5 saturated carbocycles. The lowest BCUT2D eigenvalue weighted by molar-refractivity contribution is -0.220. The van der Waals surface area contributed by atoms with Crippen LogP contribution in [0.15, 0.2) is 0 Å². The monoisotopic (exact) mass is 432 g/mol. The molecule has 4 heteroatoms.